The van der Waals surface area contributed by atoms with Gasteiger partial charge in [0, 0.05) is 44.8 Å². The predicted molar refractivity (Wildman–Crippen MR) is 103 cm³/mol. The Bertz CT molecular complexity index is 867. The van der Waals surface area contributed by atoms with Crippen LogP contribution in [0.5, 0.6) is 0 Å². The van der Waals surface area contributed by atoms with E-state index in [1.165, 1.54) is 14.9 Å². The quantitative estimate of drug-likeness (QED) is 0.757. The minimum absolute atomic E-state index is 0.209. The van der Waals surface area contributed by atoms with Crippen molar-refractivity contribution in [2.45, 2.75) is 13.8 Å². The fourth-order valence-corrected chi connectivity index (χ4v) is 4.90. The van der Waals surface area contributed by atoms with E-state index in [0.29, 0.717) is 31.9 Å². The molecule has 0 atom stereocenters. The van der Waals surface area contributed by atoms with Crippen LogP contribution >= 0.6 is 0 Å². The maximum atomic E-state index is 12.9. The predicted octanol–water partition coefficient (Wildman–Crippen LogP) is 2.29. The summed E-state index contributed by atoms with van der Waals surface area (Å²) in [4.78, 5) is 14.6. The summed E-state index contributed by atoms with van der Waals surface area (Å²) in [5.74, 6) is 0.0833. The number of amides is 1. The average Bonchev–Trinajstić information content (AvgIpc) is 3.19. The first kappa shape index (κ1) is 19.6. The molecule has 1 aliphatic rings. The maximum Gasteiger partial charge on any atom is 0.290 e. The first-order valence-electron chi connectivity index (χ1n) is 9.16. The lowest BCUT2D eigenvalue weighted by Gasteiger charge is -2.36. The van der Waals surface area contributed by atoms with Crippen molar-refractivity contribution in [3.63, 3.8) is 0 Å². The zero-order valence-electron chi connectivity index (χ0n) is 15.7. The number of piperazine rings is 1. The molecule has 0 bridgehead atoms. The smallest absolute Gasteiger partial charge is 0.290 e. The summed E-state index contributed by atoms with van der Waals surface area (Å²) in [5.41, 5.74) is 1.66. The van der Waals surface area contributed by atoms with E-state index in [4.69, 9.17) is 4.42 Å². The van der Waals surface area contributed by atoms with E-state index in [-0.39, 0.29) is 19.0 Å². The van der Waals surface area contributed by atoms with E-state index in [1.807, 2.05) is 44.2 Å². The molecule has 3 rings (SSSR count). The van der Waals surface area contributed by atoms with Crippen molar-refractivity contribution in [2.24, 2.45) is 0 Å². The number of hydrogen-bond donors (Lipinski definition) is 0. The number of nitrogens with zero attached hydrogens (tertiary/aromatic N) is 3. The van der Waals surface area contributed by atoms with E-state index in [2.05, 4.69) is 0 Å². The Kier molecular flexibility index (Phi) is 5.98. The van der Waals surface area contributed by atoms with Crippen molar-refractivity contribution >= 4 is 16.1 Å². The number of hydrogen-bond acceptors (Lipinski definition) is 4. The van der Waals surface area contributed by atoms with Crippen molar-refractivity contribution in [2.75, 3.05) is 39.3 Å². The van der Waals surface area contributed by atoms with Crippen molar-refractivity contribution in [1.29, 1.82) is 0 Å². The summed E-state index contributed by atoms with van der Waals surface area (Å²) in [6, 6.07) is 11.4. The van der Waals surface area contributed by atoms with Crippen LogP contribution < -0.4 is 0 Å². The molecule has 1 aromatic carbocycles. The summed E-state index contributed by atoms with van der Waals surface area (Å²) >= 11 is 0. The van der Waals surface area contributed by atoms with Gasteiger partial charge in [-0.05, 0) is 11.6 Å². The lowest BCUT2D eigenvalue weighted by atomic mass is 10.1. The van der Waals surface area contributed by atoms with Crippen LogP contribution in [0, 0.1) is 0 Å². The second kappa shape index (κ2) is 8.24. The van der Waals surface area contributed by atoms with Gasteiger partial charge >= 0.3 is 0 Å². The van der Waals surface area contributed by atoms with Crippen LogP contribution in [0.25, 0.3) is 11.1 Å². The van der Waals surface area contributed by atoms with Gasteiger partial charge in [0.25, 0.3) is 16.1 Å². The first-order valence-corrected chi connectivity index (χ1v) is 10.6. The summed E-state index contributed by atoms with van der Waals surface area (Å²) in [7, 11) is -3.47. The van der Waals surface area contributed by atoms with Gasteiger partial charge in [0.15, 0.2) is 5.76 Å². The Morgan fingerprint density at radius 3 is 2.26 bits per heavy atom. The standard InChI is InChI=1S/C19H25N3O4S/c1-3-21(4-2)27(24,25)22-13-11-20(12-14-22)19(23)18-17(10-15-26-18)16-8-6-5-7-9-16/h5-10,15H,3-4,11-14H2,1-2H3. The van der Waals surface area contributed by atoms with E-state index in [9.17, 15) is 13.2 Å². The van der Waals surface area contributed by atoms with Crippen molar-refractivity contribution in [1.82, 2.24) is 13.5 Å². The third kappa shape index (κ3) is 3.92. The third-order valence-electron chi connectivity index (χ3n) is 4.83. The molecule has 1 aliphatic heterocycles. The van der Waals surface area contributed by atoms with Crippen LogP contribution in [-0.4, -0.2) is 67.1 Å². The highest BCUT2D eigenvalue weighted by Crippen LogP contribution is 2.26. The summed E-state index contributed by atoms with van der Waals surface area (Å²) in [5, 5.41) is 0. The Labute approximate surface area is 160 Å². The number of carbonyl (C=O) groups is 1. The first-order chi connectivity index (χ1) is 13.0. The minimum atomic E-state index is -3.47. The zero-order valence-corrected chi connectivity index (χ0v) is 16.5. The number of rotatable bonds is 6. The molecule has 7 nitrogen and oxygen atoms in total. The van der Waals surface area contributed by atoms with Crippen LogP contribution in [0.2, 0.25) is 0 Å². The van der Waals surface area contributed by atoms with Gasteiger partial charge in [-0.15, -0.1) is 0 Å². The van der Waals surface area contributed by atoms with Crippen molar-refractivity contribution in [3.05, 3.63) is 48.4 Å². The Morgan fingerprint density at radius 2 is 1.67 bits per heavy atom. The summed E-state index contributed by atoms with van der Waals surface area (Å²) < 4.78 is 33.6. The molecule has 1 saturated heterocycles. The molecule has 0 radical (unpaired) electrons. The molecule has 1 aromatic heterocycles. The van der Waals surface area contributed by atoms with Gasteiger partial charge in [-0.3, -0.25) is 4.79 Å². The zero-order chi connectivity index (χ0) is 19.4. The lowest BCUT2D eigenvalue weighted by molar-refractivity contribution is 0.0663. The average molecular weight is 391 g/mol. The highest BCUT2D eigenvalue weighted by molar-refractivity contribution is 7.86. The molecule has 0 N–H and O–H groups in total. The van der Waals surface area contributed by atoms with Gasteiger partial charge < -0.3 is 9.32 Å². The SMILES string of the molecule is CCN(CC)S(=O)(=O)N1CCN(C(=O)c2occc2-c2ccccc2)CC1. The minimum Gasteiger partial charge on any atom is -0.459 e. The van der Waals surface area contributed by atoms with E-state index in [0.717, 1.165) is 11.1 Å². The van der Waals surface area contributed by atoms with Crippen LogP contribution in [0.3, 0.4) is 0 Å². The maximum absolute atomic E-state index is 12.9. The molecule has 0 saturated carbocycles. The molecule has 2 aromatic rings. The lowest BCUT2D eigenvalue weighted by Crippen LogP contribution is -2.54. The highest BCUT2D eigenvalue weighted by Gasteiger charge is 2.33. The normalized spacial score (nSPS) is 16.0. The molecule has 146 valence electrons. The molecule has 0 unspecified atom stereocenters. The fourth-order valence-electron chi connectivity index (χ4n) is 3.30. The van der Waals surface area contributed by atoms with Gasteiger partial charge in [-0.1, -0.05) is 44.2 Å². The topological polar surface area (TPSA) is 74.1 Å². The van der Waals surface area contributed by atoms with Gasteiger partial charge in [-0.25, -0.2) is 0 Å². The molecular weight excluding hydrogens is 366 g/mol. The van der Waals surface area contributed by atoms with Crippen molar-refractivity contribution < 1.29 is 17.6 Å². The van der Waals surface area contributed by atoms with Crippen LogP contribution in [0.1, 0.15) is 24.4 Å². The molecule has 8 heteroatoms. The molecule has 0 aliphatic carbocycles. The molecule has 2 heterocycles. The number of benzene rings is 1. The van der Waals surface area contributed by atoms with Crippen molar-refractivity contribution in [3.8, 4) is 11.1 Å². The number of carbonyl (C=O) groups excluding carboxylic acids is 1. The second-order valence-electron chi connectivity index (χ2n) is 6.31. The van der Waals surface area contributed by atoms with E-state index < -0.39 is 10.2 Å². The largest absolute Gasteiger partial charge is 0.459 e. The highest BCUT2D eigenvalue weighted by atomic mass is 32.2. The third-order valence-corrected chi connectivity index (χ3v) is 7.01. The second-order valence-corrected chi connectivity index (χ2v) is 8.24. The van der Waals surface area contributed by atoms with E-state index >= 15 is 0 Å². The van der Waals surface area contributed by atoms with E-state index in [1.54, 1.807) is 11.0 Å². The monoisotopic (exact) mass is 391 g/mol. The molecule has 27 heavy (non-hydrogen) atoms. The van der Waals surface area contributed by atoms with Crippen LogP contribution in [0.15, 0.2) is 47.1 Å². The summed E-state index contributed by atoms with van der Waals surface area (Å²) in [6.07, 6.45) is 1.51. The Balaban J connectivity index is 1.71. The Hall–Kier alpha value is -2.16. The van der Waals surface area contributed by atoms with Gasteiger partial charge in [0.05, 0.1) is 6.26 Å². The van der Waals surface area contributed by atoms with Gasteiger partial charge in [0.1, 0.15) is 0 Å². The Morgan fingerprint density at radius 1 is 1.04 bits per heavy atom. The van der Waals surface area contributed by atoms with Crippen LogP contribution in [0.4, 0.5) is 0 Å². The molecular formula is C19H25N3O4S. The number of furan rings is 1. The van der Waals surface area contributed by atoms with Crippen LogP contribution in [-0.2, 0) is 10.2 Å². The van der Waals surface area contributed by atoms with Gasteiger partial charge in [-0.2, -0.15) is 17.0 Å². The molecule has 0 spiro atoms. The summed E-state index contributed by atoms with van der Waals surface area (Å²) in [6.45, 7) is 5.77. The molecule has 1 amide bonds. The van der Waals surface area contributed by atoms with Gasteiger partial charge in [0.2, 0.25) is 0 Å². The fraction of sp³-hybridized carbons (Fsp3) is 0.421. The molecule has 1 fully saturated rings.